The van der Waals surface area contributed by atoms with Crippen molar-refractivity contribution >= 4 is 5.97 Å². The van der Waals surface area contributed by atoms with Gasteiger partial charge in [0, 0.05) is 19.3 Å². The average Bonchev–Trinajstić information content (AvgIpc) is 2.34. The van der Waals surface area contributed by atoms with Crippen LogP contribution in [0.3, 0.4) is 0 Å². The third-order valence-electron chi connectivity index (χ3n) is 6.09. The molecule has 0 radical (unpaired) electrons. The molecule has 1 aliphatic heterocycles. The zero-order chi connectivity index (χ0) is 15.4. The van der Waals surface area contributed by atoms with Gasteiger partial charge in [0.1, 0.15) is 5.60 Å². The van der Waals surface area contributed by atoms with Crippen LogP contribution in [0.15, 0.2) is 0 Å². The molecule has 0 aromatic rings. The van der Waals surface area contributed by atoms with Crippen LogP contribution < -0.4 is 0 Å². The highest BCUT2D eigenvalue weighted by molar-refractivity contribution is 5.72. The van der Waals surface area contributed by atoms with Crippen molar-refractivity contribution in [3.05, 3.63) is 0 Å². The molecular formula is C17H27NO4. The summed E-state index contributed by atoms with van der Waals surface area (Å²) in [5.41, 5.74) is -2.30. The molecule has 124 valence electrons. The average molecular weight is 309 g/mol. The molecule has 4 aliphatic carbocycles. The van der Waals surface area contributed by atoms with E-state index in [1.807, 2.05) is 0 Å². The zero-order valence-electron chi connectivity index (χ0n) is 13.2. The first kappa shape index (κ1) is 14.9. The third-order valence-corrected chi connectivity index (χ3v) is 6.09. The number of aliphatic hydroxyl groups is 2. The highest BCUT2D eigenvalue weighted by Crippen LogP contribution is 2.60. The maximum absolute atomic E-state index is 12.4. The van der Waals surface area contributed by atoms with Crippen LogP contribution in [0.2, 0.25) is 0 Å². The fourth-order valence-corrected chi connectivity index (χ4v) is 5.94. The Bertz CT molecular complexity index is 455. The summed E-state index contributed by atoms with van der Waals surface area (Å²) in [4.78, 5) is 14.5. The van der Waals surface area contributed by atoms with Crippen LogP contribution in [0.4, 0.5) is 0 Å². The van der Waals surface area contributed by atoms with E-state index in [1.165, 1.54) is 6.42 Å². The summed E-state index contributed by atoms with van der Waals surface area (Å²) in [7, 11) is 0. The number of hydrogen-bond donors (Lipinski definition) is 2. The Kier molecular flexibility index (Phi) is 3.34. The predicted octanol–water partition coefficient (Wildman–Crippen LogP) is 1.21. The van der Waals surface area contributed by atoms with Crippen molar-refractivity contribution in [1.82, 2.24) is 4.90 Å². The number of likely N-dealkylation sites (tertiary alicyclic amines) is 1. The molecule has 1 saturated heterocycles. The zero-order valence-corrected chi connectivity index (χ0v) is 13.2. The van der Waals surface area contributed by atoms with Gasteiger partial charge in [0.05, 0.1) is 17.7 Å². The minimum atomic E-state index is -0.834. The standard InChI is InChI=1S/C17H27NO4/c19-14(9-18-4-2-1-3-5-18)22-17-8-13-6-15(20,11-17)10-16(21,7-13)12-17/h13,20-21H,1-12H2. The van der Waals surface area contributed by atoms with Crippen molar-refractivity contribution in [3.63, 3.8) is 0 Å². The molecule has 1 heterocycles. The lowest BCUT2D eigenvalue weighted by atomic mass is 9.50. The van der Waals surface area contributed by atoms with E-state index in [0.29, 0.717) is 25.8 Å². The quantitative estimate of drug-likeness (QED) is 0.767. The number of carbonyl (C=O) groups excluding carboxylic acids is 1. The molecular weight excluding hydrogens is 282 g/mol. The molecule has 4 bridgehead atoms. The highest BCUT2D eigenvalue weighted by Gasteiger charge is 2.64. The molecule has 0 aromatic carbocycles. The summed E-state index contributed by atoms with van der Waals surface area (Å²) in [6.45, 7) is 2.29. The molecule has 22 heavy (non-hydrogen) atoms. The van der Waals surface area contributed by atoms with E-state index in [9.17, 15) is 15.0 Å². The number of esters is 1. The smallest absolute Gasteiger partial charge is 0.320 e. The van der Waals surface area contributed by atoms with Gasteiger partial charge in [-0.3, -0.25) is 9.69 Å². The Hall–Kier alpha value is -0.650. The summed E-state index contributed by atoms with van der Waals surface area (Å²) in [6.07, 6.45) is 7.32. The van der Waals surface area contributed by atoms with Crippen LogP contribution in [0.25, 0.3) is 0 Å². The van der Waals surface area contributed by atoms with Gasteiger partial charge in [0.2, 0.25) is 0 Å². The van der Waals surface area contributed by atoms with Crippen molar-refractivity contribution in [3.8, 4) is 0 Å². The van der Waals surface area contributed by atoms with Crippen molar-refractivity contribution in [2.45, 2.75) is 74.6 Å². The predicted molar refractivity (Wildman–Crippen MR) is 80.2 cm³/mol. The lowest BCUT2D eigenvalue weighted by molar-refractivity contribution is -0.261. The van der Waals surface area contributed by atoms with Crippen LogP contribution in [-0.4, -0.2) is 57.5 Å². The maximum atomic E-state index is 12.4. The monoisotopic (exact) mass is 309 g/mol. The van der Waals surface area contributed by atoms with Gasteiger partial charge >= 0.3 is 5.97 Å². The molecule has 5 rings (SSSR count). The minimum Gasteiger partial charge on any atom is -0.458 e. The van der Waals surface area contributed by atoms with Crippen LogP contribution >= 0.6 is 0 Å². The molecule has 5 nitrogen and oxygen atoms in total. The SMILES string of the molecule is O=C(CN1CCCCC1)OC12CC3CC(O)(CC(O)(C3)C1)C2. The Labute approximate surface area is 131 Å². The van der Waals surface area contributed by atoms with E-state index in [-0.39, 0.29) is 11.9 Å². The largest absolute Gasteiger partial charge is 0.458 e. The molecule has 4 saturated carbocycles. The topological polar surface area (TPSA) is 70.0 Å². The van der Waals surface area contributed by atoms with Crippen LogP contribution in [0.5, 0.6) is 0 Å². The summed E-state index contributed by atoms with van der Waals surface area (Å²) >= 11 is 0. The fraction of sp³-hybridized carbons (Fsp3) is 0.941. The second-order valence-corrected chi connectivity index (χ2v) is 8.45. The van der Waals surface area contributed by atoms with Crippen molar-refractivity contribution < 1.29 is 19.7 Å². The summed E-state index contributed by atoms with van der Waals surface area (Å²) < 4.78 is 5.88. The van der Waals surface area contributed by atoms with Crippen molar-refractivity contribution in [2.75, 3.05) is 19.6 Å². The van der Waals surface area contributed by atoms with Crippen molar-refractivity contribution in [1.29, 1.82) is 0 Å². The molecule has 5 fully saturated rings. The van der Waals surface area contributed by atoms with Gasteiger partial charge in [-0.05, 0) is 51.1 Å². The molecule has 2 N–H and O–H groups in total. The summed E-state index contributed by atoms with van der Waals surface area (Å²) in [5, 5.41) is 21.4. The number of nitrogens with zero attached hydrogens (tertiary/aromatic N) is 1. The fourth-order valence-electron chi connectivity index (χ4n) is 5.94. The number of piperidine rings is 1. The molecule has 5 heteroatoms. The van der Waals surface area contributed by atoms with Gasteiger partial charge in [-0.25, -0.2) is 0 Å². The maximum Gasteiger partial charge on any atom is 0.320 e. The van der Waals surface area contributed by atoms with Gasteiger partial charge in [-0.1, -0.05) is 6.42 Å². The second kappa shape index (κ2) is 4.92. The first-order valence-corrected chi connectivity index (χ1v) is 8.77. The second-order valence-electron chi connectivity index (χ2n) is 8.45. The summed E-state index contributed by atoms with van der Waals surface area (Å²) in [5.74, 6) is 0.102. The van der Waals surface area contributed by atoms with Gasteiger partial charge in [-0.2, -0.15) is 0 Å². The van der Waals surface area contributed by atoms with Crippen molar-refractivity contribution in [2.24, 2.45) is 5.92 Å². The van der Waals surface area contributed by atoms with E-state index < -0.39 is 16.8 Å². The molecule has 2 atom stereocenters. The van der Waals surface area contributed by atoms with Crippen LogP contribution in [-0.2, 0) is 9.53 Å². The van der Waals surface area contributed by atoms with Gasteiger partial charge in [0.25, 0.3) is 0 Å². The molecule has 0 aromatic heterocycles. The van der Waals surface area contributed by atoms with Gasteiger partial charge in [-0.15, -0.1) is 0 Å². The Morgan fingerprint density at radius 1 is 1.00 bits per heavy atom. The van der Waals surface area contributed by atoms with E-state index in [0.717, 1.165) is 45.2 Å². The summed E-state index contributed by atoms with van der Waals surface area (Å²) in [6, 6.07) is 0. The number of hydrogen-bond acceptors (Lipinski definition) is 5. The van der Waals surface area contributed by atoms with E-state index in [1.54, 1.807) is 0 Å². The van der Waals surface area contributed by atoms with E-state index in [4.69, 9.17) is 4.74 Å². The first-order valence-electron chi connectivity index (χ1n) is 8.77. The van der Waals surface area contributed by atoms with E-state index in [2.05, 4.69) is 4.90 Å². The number of ether oxygens (including phenoxy) is 1. The molecule has 2 unspecified atom stereocenters. The highest BCUT2D eigenvalue weighted by atomic mass is 16.6. The number of carbonyl (C=O) groups is 1. The Morgan fingerprint density at radius 2 is 1.64 bits per heavy atom. The van der Waals surface area contributed by atoms with Gasteiger partial charge in [0.15, 0.2) is 0 Å². The molecule has 5 aliphatic rings. The van der Waals surface area contributed by atoms with Gasteiger partial charge < -0.3 is 14.9 Å². The minimum absolute atomic E-state index is 0.184. The first-order chi connectivity index (χ1) is 10.4. The molecule has 0 spiro atoms. The lowest BCUT2D eigenvalue weighted by Crippen LogP contribution is -2.67. The van der Waals surface area contributed by atoms with E-state index >= 15 is 0 Å². The Morgan fingerprint density at radius 3 is 2.23 bits per heavy atom. The normalized spacial score (nSPS) is 47.6. The lowest BCUT2D eigenvalue weighted by Gasteiger charge is -2.62. The van der Waals surface area contributed by atoms with Crippen LogP contribution in [0, 0.1) is 5.92 Å². The Balaban J connectivity index is 1.44. The number of rotatable bonds is 3. The molecule has 0 amide bonds. The third kappa shape index (κ3) is 2.68. The van der Waals surface area contributed by atoms with Crippen LogP contribution in [0.1, 0.15) is 57.8 Å².